The molecular formula is C16H24N2O3S2. The number of thiophene rings is 1. The summed E-state index contributed by atoms with van der Waals surface area (Å²) in [6, 6.07) is 3.38. The van der Waals surface area contributed by atoms with Crippen molar-refractivity contribution in [2.75, 3.05) is 13.6 Å². The Kier molecular flexibility index (Phi) is 4.80. The summed E-state index contributed by atoms with van der Waals surface area (Å²) < 4.78 is 26.1. The van der Waals surface area contributed by atoms with E-state index in [2.05, 4.69) is 12.2 Å². The van der Waals surface area contributed by atoms with Gasteiger partial charge in [0.1, 0.15) is 4.21 Å². The SMILES string of the molecule is C[C@H](NC(=O)CN(C)S(=O)(=O)c1cccs1)[C@H]1C[C@@H]2CC[C@@H]1C2. The van der Waals surface area contributed by atoms with Crippen molar-refractivity contribution in [1.29, 1.82) is 0 Å². The van der Waals surface area contributed by atoms with Crippen LogP contribution < -0.4 is 5.32 Å². The summed E-state index contributed by atoms with van der Waals surface area (Å²) in [5, 5.41) is 4.73. The van der Waals surface area contributed by atoms with Crippen LogP contribution in [0.2, 0.25) is 0 Å². The van der Waals surface area contributed by atoms with E-state index in [9.17, 15) is 13.2 Å². The van der Waals surface area contributed by atoms with Crippen molar-refractivity contribution in [2.24, 2.45) is 17.8 Å². The van der Waals surface area contributed by atoms with Gasteiger partial charge in [0.2, 0.25) is 5.91 Å². The molecule has 1 amide bonds. The molecule has 23 heavy (non-hydrogen) atoms. The van der Waals surface area contributed by atoms with Crippen molar-refractivity contribution in [2.45, 2.75) is 42.9 Å². The van der Waals surface area contributed by atoms with Crippen molar-refractivity contribution in [1.82, 2.24) is 9.62 Å². The van der Waals surface area contributed by atoms with Crippen LogP contribution in [0, 0.1) is 17.8 Å². The summed E-state index contributed by atoms with van der Waals surface area (Å²) in [7, 11) is -2.11. The third kappa shape index (κ3) is 3.46. The van der Waals surface area contributed by atoms with Crippen molar-refractivity contribution in [3.8, 4) is 0 Å². The molecule has 1 aromatic rings. The Labute approximate surface area is 142 Å². The molecule has 0 radical (unpaired) electrons. The zero-order valence-corrected chi connectivity index (χ0v) is 15.2. The first-order valence-electron chi connectivity index (χ1n) is 8.17. The van der Waals surface area contributed by atoms with Gasteiger partial charge in [0.15, 0.2) is 0 Å². The number of nitrogens with zero attached hydrogens (tertiary/aromatic N) is 1. The van der Waals surface area contributed by atoms with E-state index < -0.39 is 10.0 Å². The van der Waals surface area contributed by atoms with Gasteiger partial charge in [-0.1, -0.05) is 12.5 Å². The first kappa shape index (κ1) is 16.9. The van der Waals surface area contributed by atoms with Gasteiger partial charge in [-0.15, -0.1) is 11.3 Å². The summed E-state index contributed by atoms with van der Waals surface area (Å²) >= 11 is 1.17. The van der Waals surface area contributed by atoms with Crippen LogP contribution in [0.15, 0.2) is 21.7 Å². The van der Waals surface area contributed by atoms with Gasteiger partial charge in [-0.2, -0.15) is 4.31 Å². The average molecular weight is 357 g/mol. The molecule has 0 spiro atoms. The van der Waals surface area contributed by atoms with Crippen molar-refractivity contribution in [3.63, 3.8) is 0 Å². The Hall–Kier alpha value is -0.920. The molecule has 2 fully saturated rings. The molecule has 4 atom stereocenters. The molecule has 2 aliphatic rings. The molecule has 2 saturated carbocycles. The summed E-state index contributed by atoms with van der Waals surface area (Å²) in [6.45, 7) is 1.92. The zero-order valence-electron chi connectivity index (χ0n) is 13.6. The zero-order chi connectivity index (χ0) is 16.6. The normalized spacial score (nSPS) is 28.2. The lowest BCUT2D eigenvalue weighted by Gasteiger charge is -2.29. The van der Waals surface area contributed by atoms with Crippen LogP contribution in [0.3, 0.4) is 0 Å². The smallest absolute Gasteiger partial charge is 0.252 e. The number of amides is 1. The highest BCUT2D eigenvalue weighted by atomic mass is 32.2. The lowest BCUT2D eigenvalue weighted by molar-refractivity contribution is -0.122. The summed E-state index contributed by atoms with van der Waals surface area (Å²) in [5.41, 5.74) is 0. The van der Waals surface area contributed by atoms with Gasteiger partial charge in [-0.3, -0.25) is 4.79 Å². The summed E-state index contributed by atoms with van der Waals surface area (Å²) in [5.74, 6) is 1.91. The van der Waals surface area contributed by atoms with E-state index in [-0.39, 0.29) is 22.7 Å². The van der Waals surface area contributed by atoms with Gasteiger partial charge in [0.25, 0.3) is 10.0 Å². The van der Waals surface area contributed by atoms with Crippen molar-refractivity contribution in [3.05, 3.63) is 17.5 Å². The Morgan fingerprint density at radius 3 is 2.78 bits per heavy atom. The second kappa shape index (κ2) is 6.53. The van der Waals surface area contributed by atoms with E-state index in [1.807, 2.05) is 0 Å². The first-order valence-corrected chi connectivity index (χ1v) is 10.5. The molecule has 3 rings (SSSR count). The van der Waals surface area contributed by atoms with E-state index >= 15 is 0 Å². The molecule has 0 aliphatic heterocycles. The number of rotatable bonds is 6. The topological polar surface area (TPSA) is 66.5 Å². The molecule has 1 heterocycles. The standard InChI is InChI=1S/C16H24N2O3S2/c1-11(14-9-12-5-6-13(14)8-12)17-15(19)10-18(2)23(20,21)16-4-3-7-22-16/h3-4,7,11-14H,5-6,8-10H2,1-2H3,(H,17,19)/t11-,12+,13+,14+/m0/s1. The molecule has 0 aromatic carbocycles. The van der Waals surface area contributed by atoms with Crippen LogP contribution in [-0.2, 0) is 14.8 Å². The molecule has 0 saturated heterocycles. The van der Waals surface area contributed by atoms with Crippen molar-refractivity contribution >= 4 is 27.3 Å². The Morgan fingerprint density at radius 1 is 1.43 bits per heavy atom. The minimum atomic E-state index is -3.56. The minimum absolute atomic E-state index is 0.121. The maximum absolute atomic E-state index is 12.3. The maximum Gasteiger partial charge on any atom is 0.252 e. The fourth-order valence-electron chi connectivity index (χ4n) is 4.16. The second-order valence-corrected chi connectivity index (χ2v) is 10.1. The molecule has 1 aromatic heterocycles. The maximum atomic E-state index is 12.3. The van der Waals surface area contributed by atoms with Crippen LogP contribution >= 0.6 is 11.3 Å². The molecule has 2 aliphatic carbocycles. The van der Waals surface area contributed by atoms with Crippen LogP contribution in [0.4, 0.5) is 0 Å². The van der Waals surface area contributed by atoms with Gasteiger partial charge >= 0.3 is 0 Å². The summed E-state index contributed by atoms with van der Waals surface area (Å²) in [4.78, 5) is 12.2. The number of fused-ring (bicyclic) bond motifs is 2. The number of nitrogens with one attached hydrogen (secondary N) is 1. The van der Waals surface area contributed by atoms with Crippen LogP contribution in [-0.4, -0.2) is 38.3 Å². The van der Waals surface area contributed by atoms with Gasteiger partial charge < -0.3 is 5.32 Å². The van der Waals surface area contributed by atoms with E-state index in [1.54, 1.807) is 17.5 Å². The van der Waals surface area contributed by atoms with Gasteiger partial charge in [-0.05, 0) is 55.4 Å². The number of hydrogen-bond acceptors (Lipinski definition) is 4. The Bertz CT molecular complexity index is 657. The molecule has 1 N–H and O–H groups in total. The lowest BCUT2D eigenvalue weighted by atomic mass is 9.84. The molecule has 7 heteroatoms. The quantitative estimate of drug-likeness (QED) is 0.850. The third-order valence-electron chi connectivity index (χ3n) is 5.35. The molecule has 128 valence electrons. The number of carbonyl (C=O) groups is 1. The molecule has 5 nitrogen and oxygen atoms in total. The minimum Gasteiger partial charge on any atom is -0.352 e. The molecular weight excluding hydrogens is 332 g/mol. The van der Waals surface area contributed by atoms with Crippen LogP contribution in [0.1, 0.15) is 32.6 Å². The van der Waals surface area contributed by atoms with E-state index in [4.69, 9.17) is 0 Å². The van der Waals surface area contributed by atoms with Crippen LogP contribution in [0.5, 0.6) is 0 Å². The van der Waals surface area contributed by atoms with Gasteiger partial charge in [0, 0.05) is 13.1 Å². The average Bonchev–Trinajstić information content (AvgIpc) is 3.23. The third-order valence-corrected chi connectivity index (χ3v) is 8.53. The number of likely N-dealkylation sites (N-methyl/N-ethyl adjacent to an activating group) is 1. The molecule has 0 unspecified atom stereocenters. The fourth-order valence-corrected chi connectivity index (χ4v) is 6.49. The highest BCUT2D eigenvalue weighted by Crippen LogP contribution is 2.49. The number of hydrogen-bond donors (Lipinski definition) is 1. The van der Waals surface area contributed by atoms with E-state index in [0.29, 0.717) is 5.92 Å². The largest absolute Gasteiger partial charge is 0.352 e. The van der Waals surface area contributed by atoms with Gasteiger partial charge in [-0.25, -0.2) is 8.42 Å². The predicted molar refractivity (Wildman–Crippen MR) is 90.7 cm³/mol. The number of carbonyl (C=O) groups excluding carboxylic acids is 1. The van der Waals surface area contributed by atoms with Gasteiger partial charge in [0.05, 0.1) is 6.54 Å². The second-order valence-electron chi connectivity index (χ2n) is 6.89. The van der Waals surface area contributed by atoms with Crippen LogP contribution in [0.25, 0.3) is 0 Å². The first-order chi connectivity index (χ1) is 10.9. The van der Waals surface area contributed by atoms with E-state index in [1.165, 1.54) is 44.1 Å². The molecule has 2 bridgehead atoms. The monoisotopic (exact) mass is 356 g/mol. The fraction of sp³-hybridized carbons (Fsp3) is 0.688. The van der Waals surface area contributed by atoms with Crippen molar-refractivity contribution < 1.29 is 13.2 Å². The summed E-state index contributed by atoms with van der Waals surface area (Å²) in [6.07, 6.45) is 5.12. The predicted octanol–water partition coefficient (Wildman–Crippen LogP) is 2.31. The number of sulfonamides is 1. The highest BCUT2D eigenvalue weighted by molar-refractivity contribution is 7.91. The van der Waals surface area contributed by atoms with E-state index in [0.717, 1.165) is 16.1 Å². The lowest BCUT2D eigenvalue weighted by Crippen LogP contribution is -2.45. The Balaban J connectivity index is 1.55. The Morgan fingerprint density at radius 2 is 2.22 bits per heavy atom. The highest BCUT2D eigenvalue weighted by Gasteiger charge is 2.42.